The molecule has 0 fully saturated rings. The summed E-state index contributed by atoms with van der Waals surface area (Å²) in [5.41, 5.74) is 7.15. The van der Waals surface area contributed by atoms with E-state index in [-0.39, 0.29) is 45.2 Å². The van der Waals surface area contributed by atoms with Crippen LogP contribution in [0.4, 0.5) is 0 Å². The van der Waals surface area contributed by atoms with Gasteiger partial charge in [-0.25, -0.2) is 4.98 Å². The summed E-state index contributed by atoms with van der Waals surface area (Å²) in [5.74, 6) is -5.46. The number of likely N-dealkylation sites (N-methyl/N-ethyl adjacent to an activating group) is 1. The number of phenols is 2. The molecule has 1 aromatic heterocycles. The summed E-state index contributed by atoms with van der Waals surface area (Å²) in [6.45, 7) is 0.953. The molecular weight excluding hydrogens is 544 g/mol. The number of aromatic amines is 1. The number of carboxylic acids is 2. The third-order valence-electron chi connectivity index (χ3n) is 6.65. The molecule has 42 heavy (non-hydrogen) atoms. The zero-order chi connectivity index (χ0) is 30.7. The molecule has 4 rings (SSSR count). The number of hydrogen-bond donors (Lipinski definition) is 8. The number of rotatable bonds is 11. The Balaban J connectivity index is 1.91. The number of benzene rings is 3. The van der Waals surface area contributed by atoms with Crippen LogP contribution in [0, 0.1) is 5.41 Å². The van der Waals surface area contributed by atoms with Crippen molar-refractivity contribution in [3.63, 3.8) is 0 Å². The van der Waals surface area contributed by atoms with Gasteiger partial charge >= 0.3 is 11.9 Å². The summed E-state index contributed by atoms with van der Waals surface area (Å²) in [5, 5.41) is 51.9. The van der Waals surface area contributed by atoms with Crippen molar-refractivity contribution in [3.8, 4) is 34.0 Å². The number of carbonyl (C=O) groups excluding carboxylic acids is 1. The van der Waals surface area contributed by atoms with Gasteiger partial charge in [0, 0.05) is 35.3 Å². The lowest BCUT2D eigenvalue weighted by Gasteiger charge is -2.17. The Morgan fingerprint density at radius 3 is 2.33 bits per heavy atom. The molecule has 0 saturated carbocycles. The smallest absolute Gasteiger partial charge is 0.311 e. The molecule has 0 aliphatic rings. The minimum Gasteiger partial charge on any atom is -0.507 e. The van der Waals surface area contributed by atoms with Gasteiger partial charge in [0.25, 0.3) is 5.91 Å². The van der Waals surface area contributed by atoms with Gasteiger partial charge < -0.3 is 41.4 Å². The molecular formula is C29H30N6O7. The average Bonchev–Trinajstić information content (AvgIpc) is 3.35. The highest BCUT2D eigenvalue weighted by Crippen LogP contribution is 2.44. The molecule has 218 valence electrons. The van der Waals surface area contributed by atoms with Gasteiger partial charge in [-0.15, -0.1) is 0 Å². The summed E-state index contributed by atoms with van der Waals surface area (Å²) in [4.78, 5) is 45.9. The number of aliphatic carboxylic acids is 2. The normalized spacial score (nSPS) is 11.9. The van der Waals surface area contributed by atoms with Crippen LogP contribution in [-0.4, -0.2) is 86.2 Å². The van der Waals surface area contributed by atoms with Crippen molar-refractivity contribution in [3.05, 3.63) is 65.2 Å². The highest BCUT2D eigenvalue weighted by molar-refractivity contribution is 5.99. The van der Waals surface area contributed by atoms with Gasteiger partial charge in [0.1, 0.15) is 23.2 Å². The van der Waals surface area contributed by atoms with Crippen molar-refractivity contribution in [2.24, 2.45) is 5.73 Å². The molecule has 0 aliphatic carbocycles. The van der Waals surface area contributed by atoms with Crippen LogP contribution in [0.2, 0.25) is 0 Å². The molecule has 0 radical (unpaired) electrons. The van der Waals surface area contributed by atoms with Crippen LogP contribution in [0.25, 0.3) is 33.5 Å². The monoisotopic (exact) mass is 574 g/mol. The summed E-state index contributed by atoms with van der Waals surface area (Å²) in [6, 6.07) is 11.4. The second-order valence-corrected chi connectivity index (χ2v) is 9.98. The predicted molar refractivity (Wildman–Crippen MR) is 155 cm³/mol. The number of H-pyrrole nitrogens is 1. The Morgan fingerprint density at radius 2 is 1.69 bits per heavy atom. The number of imidazole rings is 1. The van der Waals surface area contributed by atoms with Crippen molar-refractivity contribution in [2.75, 3.05) is 27.2 Å². The number of nitrogen functional groups attached to an aromatic ring is 1. The number of fused-ring (bicyclic) bond motifs is 1. The number of nitrogens with zero attached hydrogens (tertiary/aromatic N) is 2. The van der Waals surface area contributed by atoms with Gasteiger partial charge in [-0.2, -0.15) is 0 Å². The number of carboxylic acid groups (broad SMARTS) is 2. The van der Waals surface area contributed by atoms with Crippen molar-refractivity contribution in [1.29, 1.82) is 5.41 Å². The van der Waals surface area contributed by atoms with E-state index in [0.29, 0.717) is 29.7 Å². The fourth-order valence-electron chi connectivity index (χ4n) is 4.46. The van der Waals surface area contributed by atoms with E-state index in [1.54, 1.807) is 18.2 Å². The fraction of sp³-hybridized carbons (Fsp3) is 0.207. The molecule has 0 bridgehead atoms. The van der Waals surface area contributed by atoms with Gasteiger partial charge in [0.15, 0.2) is 0 Å². The SMILES string of the molecule is CN(C)CCNC(=O)c1ccc(O)c(-c2cc(C(CC(=O)O)C(=O)O)cc(-c3nc4cc(C(=N)N)ccc4[nH]3)c2O)c1. The van der Waals surface area contributed by atoms with Crippen LogP contribution in [-0.2, 0) is 9.59 Å². The lowest BCUT2D eigenvalue weighted by Crippen LogP contribution is -2.31. The molecule has 1 atom stereocenters. The Bertz CT molecular complexity index is 1710. The second kappa shape index (κ2) is 12.0. The Labute approximate surface area is 239 Å². The highest BCUT2D eigenvalue weighted by atomic mass is 16.4. The van der Waals surface area contributed by atoms with Gasteiger partial charge in [0.2, 0.25) is 0 Å². The van der Waals surface area contributed by atoms with E-state index in [1.807, 2.05) is 19.0 Å². The Hall–Kier alpha value is -5.43. The average molecular weight is 575 g/mol. The number of nitrogens with two attached hydrogens (primary N) is 1. The van der Waals surface area contributed by atoms with Crippen molar-refractivity contribution < 1.29 is 34.8 Å². The zero-order valence-corrected chi connectivity index (χ0v) is 22.8. The van der Waals surface area contributed by atoms with E-state index < -0.39 is 35.9 Å². The number of aromatic hydroxyl groups is 2. The van der Waals surface area contributed by atoms with E-state index in [4.69, 9.17) is 11.1 Å². The third-order valence-corrected chi connectivity index (χ3v) is 6.65. The van der Waals surface area contributed by atoms with Crippen LogP contribution in [0.5, 0.6) is 11.5 Å². The molecule has 0 saturated heterocycles. The minimum absolute atomic E-state index is 0.0188. The summed E-state index contributed by atoms with van der Waals surface area (Å²) < 4.78 is 0. The summed E-state index contributed by atoms with van der Waals surface area (Å²) in [6.07, 6.45) is -0.749. The lowest BCUT2D eigenvalue weighted by molar-refractivity contribution is -0.145. The maximum absolute atomic E-state index is 12.8. The van der Waals surface area contributed by atoms with Crippen molar-refractivity contribution >= 4 is 34.7 Å². The van der Waals surface area contributed by atoms with Gasteiger partial charge in [0.05, 0.1) is 28.9 Å². The zero-order valence-electron chi connectivity index (χ0n) is 22.8. The molecule has 0 aliphatic heterocycles. The first-order valence-electron chi connectivity index (χ1n) is 12.8. The first kappa shape index (κ1) is 29.6. The van der Waals surface area contributed by atoms with E-state index in [9.17, 15) is 34.8 Å². The van der Waals surface area contributed by atoms with E-state index >= 15 is 0 Å². The maximum atomic E-state index is 12.8. The van der Waals surface area contributed by atoms with Crippen molar-refractivity contribution in [1.82, 2.24) is 20.2 Å². The Morgan fingerprint density at radius 1 is 1.00 bits per heavy atom. The van der Waals surface area contributed by atoms with Crippen LogP contribution >= 0.6 is 0 Å². The molecule has 0 spiro atoms. The molecule has 4 aromatic rings. The molecule has 9 N–H and O–H groups in total. The number of amides is 1. The number of phenolic OH excluding ortho intramolecular Hbond substituents is 2. The van der Waals surface area contributed by atoms with Crippen LogP contribution in [0.3, 0.4) is 0 Å². The van der Waals surface area contributed by atoms with Crippen LogP contribution in [0.15, 0.2) is 48.5 Å². The fourth-order valence-corrected chi connectivity index (χ4v) is 4.46. The van der Waals surface area contributed by atoms with E-state index in [1.165, 1.54) is 30.3 Å². The first-order valence-corrected chi connectivity index (χ1v) is 12.8. The molecule has 1 heterocycles. The molecule has 13 heteroatoms. The van der Waals surface area contributed by atoms with E-state index in [0.717, 1.165) is 0 Å². The largest absolute Gasteiger partial charge is 0.507 e. The molecule has 1 unspecified atom stereocenters. The number of hydrogen-bond acceptors (Lipinski definition) is 8. The maximum Gasteiger partial charge on any atom is 0.311 e. The molecule has 13 nitrogen and oxygen atoms in total. The topological polar surface area (TPSA) is 226 Å². The molecule has 3 aromatic carbocycles. The number of aromatic nitrogens is 2. The highest BCUT2D eigenvalue weighted by Gasteiger charge is 2.28. The number of carbonyl (C=O) groups is 3. The minimum atomic E-state index is -1.51. The third kappa shape index (κ3) is 6.31. The lowest BCUT2D eigenvalue weighted by atomic mass is 9.89. The number of nitrogens with one attached hydrogen (secondary N) is 3. The van der Waals surface area contributed by atoms with Crippen molar-refractivity contribution in [2.45, 2.75) is 12.3 Å². The van der Waals surface area contributed by atoms with E-state index in [2.05, 4.69) is 15.3 Å². The quantitative estimate of drug-likeness (QED) is 0.0964. The van der Waals surface area contributed by atoms with Gasteiger partial charge in [-0.05, 0) is 68.2 Å². The summed E-state index contributed by atoms with van der Waals surface area (Å²) >= 11 is 0. The summed E-state index contributed by atoms with van der Waals surface area (Å²) in [7, 11) is 3.72. The van der Waals surface area contributed by atoms with Gasteiger partial charge in [-0.1, -0.05) is 0 Å². The van der Waals surface area contributed by atoms with Gasteiger partial charge in [-0.3, -0.25) is 19.8 Å². The van der Waals surface area contributed by atoms with Crippen LogP contribution in [0.1, 0.15) is 33.8 Å². The van der Waals surface area contributed by atoms with Crippen LogP contribution < -0.4 is 11.1 Å². The number of amidine groups is 1. The first-order chi connectivity index (χ1) is 19.8. The Kier molecular flexibility index (Phi) is 8.43. The molecule has 1 amide bonds. The standard InChI is InChI=1S/C29H30N6O7/c1-35(2)8-7-32-28(40)15-4-6-23(36)18(9-15)19-10-16(17(29(41)42)13-24(37)38)11-20(25(19)39)27-33-21-5-3-14(26(30)31)12-22(21)34-27/h3-6,9-12,17,36,39H,7-8,13H2,1-2H3,(H3,30,31)(H,32,40)(H,33,34)(H,37,38)(H,41,42). The predicted octanol–water partition coefficient (Wildman–Crippen LogP) is 2.53. The second-order valence-electron chi connectivity index (χ2n) is 9.98.